The number of hydrogen-bond acceptors (Lipinski definition) is 2. The minimum absolute atomic E-state index is 0.0284. The minimum Gasteiger partial charge on any atom is -0.407 e. The van der Waals surface area contributed by atoms with Crippen LogP contribution in [0, 0.1) is 0 Å². The van der Waals surface area contributed by atoms with Crippen LogP contribution in [0.15, 0.2) is 24.8 Å². The average Bonchev–Trinajstić information content (AvgIpc) is 3.11. The highest BCUT2D eigenvalue weighted by Gasteiger charge is 2.52. The Morgan fingerprint density at radius 3 is 2.17 bits per heavy atom. The maximum absolute atomic E-state index is 6.52. The van der Waals surface area contributed by atoms with E-state index < -0.39 is 8.32 Å². The predicted molar refractivity (Wildman–Crippen MR) is 80.4 cm³/mol. The Labute approximate surface area is 113 Å². The number of rotatable bonds is 9. The van der Waals surface area contributed by atoms with Gasteiger partial charge in [0.2, 0.25) is 0 Å². The van der Waals surface area contributed by atoms with Gasteiger partial charge in [0.15, 0.2) is 8.32 Å². The number of hydrogen-bond donors (Lipinski definition) is 0. The summed E-state index contributed by atoms with van der Waals surface area (Å²) in [7, 11) is -1.60. The van der Waals surface area contributed by atoms with Crippen LogP contribution >= 0.6 is 0 Å². The minimum atomic E-state index is -1.60. The molecule has 1 fully saturated rings. The van der Waals surface area contributed by atoms with E-state index in [9.17, 15) is 0 Å². The first-order valence-electron chi connectivity index (χ1n) is 7.06. The molecule has 0 unspecified atom stereocenters. The zero-order valence-electron chi connectivity index (χ0n) is 12.4. The number of ether oxygens (including phenoxy) is 1. The highest BCUT2D eigenvalue weighted by molar-refractivity contribution is 6.73. The molecule has 3 heteroatoms. The molecule has 0 saturated carbocycles. The first-order chi connectivity index (χ1) is 8.47. The molecule has 0 aromatic carbocycles. The van der Waals surface area contributed by atoms with Gasteiger partial charge in [0.05, 0.1) is 12.7 Å². The van der Waals surface area contributed by atoms with Crippen LogP contribution in [0.1, 0.15) is 34.1 Å². The normalized spacial score (nSPS) is 24.7. The Balaban J connectivity index is 2.78. The second-order valence-electron chi connectivity index (χ2n) is 5.51. The van der Waals surface area contributed by atoms with Crippen molar-refractivity contribution in [2.75, 3.05) is 6.61 Å². The van der Waals surface area contributed by atoms with Gasteiger partial charge in [-0.3, -0.25) is 0 Å². The second kappa shape index (κ2) is 6.18. The topological polar surface area (TPSA) is 21.8 Å². The van der Waals surface area contributed by atoms with Crippen molar-refractivity contribution in [2.45, 2.75) is 64.0 Å². The summed E-state index contributed by atoms with van der Waals surface area (Å²) in [6, 6.07) is 3.48. The molecule has 0 bridgehead atoms. The van der Waals surface area contributed by atoms with Crippen LogP contribution in [-0.4, -0.2) is 26.6 Å². The molecule has 0 radical (unpaired) electrons. The lowest BCUT2D eigenvalue weighted by Gasteiger charge is -2.34. The van der Waals surface area contributed by atoms with Gasteiger partial charge in [0.25, 0.3) is 0 Å². The summed E-state index contributed by atoms with van der Waals surface area (Å²) >= 11 is 0. The van der Waals surface area contributed by atoms with E-state index in [1.165, 1.54) is 0 Å². The smallest absolute Gasteiger partial charge is 0.193 e. The van der Waals surface area contributed by atoms with Gasteiger partial charge in [-0.2, -0.15) is 0 Å². The Kier molecular flexibility index (Phi) is 5.38. The summed E-state index contributed by atoms with van der Waals surface area (Å²) in [5, 5.41) is 0. The van der Waals surface area contributed by atoms with Gasteiger partial charge in [-0.25, -0.2) is 0 Å². The van der Waals surface area contributed by atoms with E-state index in [1.54, 1.807) is 0 Å². The SMILES string of the molecule is C=C[C@H](O[Si](CC)(CC)CC)[C@@]1(CC(=C)C)CO1. The van der Waals surface area contributed by atoms with Gasteiger partial charge >= 0.3 is 0 Å². The Morgan fingerprint density at radius 2 is 1.89 bits per heavy atom. The molecule has 0 aromatic rings. The van der Waals surface area contributed by atoms with E-state index >= 15 is 0 Å². The Bertz CT molecular complexity index is 295. The van der Waals surface area contributed by atoms with Gasteiger partial charge < -0.3 is 9.16 Å². The van der Waals surface area contributed by atoms with Crippen LogP contribution in [0.2, 0.25) is 18.1 Å². The molecule has 1 heterocycles. The molecule has 0 aromatic heterocycles. The highest BCUT2D eigenvalue weighted by atomic mass is 28.4. The van der Waals surface area contributed by atoms with Crippen LogP contribution in [0.3, 0.4) is 0 Å². The number of epoxide rings is 1. The fraction of sp³-hybridized carbons (Fsp3) is 0.733. The fourth-order valence-corrected chi connectivity index (χ4v) is 5.46. The van der Waals surface area contributed by atoms with Crippen molar-refractivity contribution in [3.05, 3.63) is 24.8 Å². The predicted octanol–water partition coefficient (Wildman–Crippen LogP) is 4.30. The summed E-state index contributed by atoms with van der Waals surface area (Å²) < 4.78 is 12.2. The maximum atomic E-state index is 6.52. The third-order valence-corrected chi connectivity index (χ3v) is 8.78. The fourth-order valence-electron chi connectivity index (χ4n) is 2.61. The summed E-state index contributed by atoms with van der Waals surface area (Å²) in [6.45, 7) is 17.5. The van der Waals surface area contributed by atoms with E-state index in [0.29, 0.717) is 0 Å². The summed E-state index contributed by atoms with van der Waals surface area (Å²) in [5.41, 5.74) is 0.991. The highest BCUT2D eigenvalue weighted by Crippen LogP contribution is 2.41. The van der Waals surface area contributed by atoms with Gasteiger partial charge in [0.1, 0.15) is 5.60 Å². The molecule has 1 rings (SSSR count). The molecule has 1 aliphatic rings. The Hall–Kier alpha value is -0.383. The standard InChI is InChI=1S/C15H28O2Si/c1-7-14(15(12-16-15)11-13(5)6)17-18(8-2,9-3)10-4/h7,14H,1,5,8-12H2,2-4,6H3/t14-,15+/m0/s1. The summed E-state index contributed by atoms with van der Waals surface area (Å²) in [5.74, 6) is 0. The zero-order chi connectivity index (χ0) is 13.8. The third kappa shape index (κ3) is 3.34. The van der Waals surface area contributed by atoms with Gasteiger partial charge in [0, 0.05) is 6.42 Å². The van der Waals surface area contributed by atoms with Gasteiger partial charge in [-0.05, 0) is 25.1 Å². The van der Waals surface area contributed by atoms with Crippen molar-refractivity contribution in [3.8, 4) is 0 Å². The molecule has 2 atom stereocenters. The lowest BCUT2D eigenvalue weighted by molar-refractivity contribution is 0.122. The monoisotopic (exact) mass is 268 g/mol. The molecule has 0 spiro atoms. The van der Waals surface area contributed by atoms with Crippen molar-refractivity contribution in [1.82, 2.24) is 0 Å². The van der Waals surface area contributed by atoms with Crippen molar-refractivity contribution in [3.63, 3.8) is 0 Å². The van der Waals surface area contributed by atoms with Crippen LogP contribution in [-0.2, 0) is 9.16 Å². The lowest BCUT2D eigenvalue weighted by Crippen LogP contribution is -2.44. The van der Waals surface area contributed by atoms with Crippen LogP contribution in [0.25, 0.3) is 0 Å². The van der Waals surface area contributed by atoms with Crippen LogP contribution < -0.4 is 0 Å². The molecule has 0 aliphatic carbocycles. The van der Waals surface area contributed by atoms with Gasteiger partial charge in [-0.15, -0.1) is 13.2 Å². The molecule has 104 valence electrons. The van der Waals surface area contributed by atoms with Crippen molar-refractivity contribution < 1.29 is 9.16 Å². The van der Waals surface area contributed by atoms with Gasteiger partial charge in [-0.1, -0.05) is 32.4 Å². The zero-order valence-corrected chi connectivity index (χ0v) is 13.4. The van der Waals surface area contributed by atoms with Crippen LogP contribution in [0.5, 0.6) is 0 Å². The quantitative estimate of drug-likeness (QED) is 0.353. The molecule has 0 amide bonds. The first kappa shape index (κ1) is 15.7. The lowest BCUT2D eigenvalue weighted by atomic mass is 9.96. The molecule has 1 aliphatic heterocycles. The van der Waals surface area contributed by atoms with E-state index in [0.717, 1.165) is 36.7 Å². The maximum Gasteiger partial charge on any atom is 0.193 e. The summed E-state index contributed by atoms with van der Waals surface area (Å²) in [6.07, 6.45) is 2.84. The molecule has 1 saturated heterocycles. The van der Waals surface area contributed by atoms with Crippen molar-refractivity contribution in [2.24, 2.45) is 0 Å². The third-order valence-electron chi connectivity index (χ3n) is 4.16. The van der Waals surface area contributed by atoms with E-state index in [2.05, 4.69) is 33.9 Å². The summed E-state index contributed by atoms with van der Waals surface area (Å²) in [4.78, 5) is 0. The molecular formula is C15H28O2Si. The van der Waals surface area contributed by atoms with E-state index in [-0.39, 0.29) is 11.7 Å². The first-order valence-corrected chi connectivity index (χ1v) is 9.59. The van der Waals surface area contributed by atoms with Crippen molar-refractivity contribution >= 4 is 8.32 Å². The second-order valence-corrected chi connectivity index (χ2v) is 10.2. The molecule has 2 nitrogen and oxygen atoms in total. The molecule has 18 heavy (non-hydrogen) atoms. The average molecular weight is 268 g/mol. The largest absolute Gasteiger partial charge is 0.407 e. The van der Waals surface area contributed by atoms with E-state index in [4.69, 9.17) is 9.16 Å². The van der Waals surface area contributed by atoms with E-state index in [1.807, 2.05) is 13.0 Å². The molecule has 0 N–H and O–H groups in total. The molecular weight excluding hydrogens is 240 g/mol. The van der Waals surface area contributed by atoms with Crippen LogP contribution in [0.4, 0.5) is 0 Å². The van der Waals surface area contributed by atoms with Crippen molar-refractivity contribution in [1.29, 1.82) is 0 Å². The Morgan fingerprint density at radius 1 is 1.39 bits per heavy atom.